The van der Waals surface area contributed by atoms with Gasteiger partial charge in [-0.05, 0) is 78.0 Å². The Morgan fingerprint density at radius 2 is 0.600 bits per heavy atom. The molecule has 200 valence electrons. The van der Waals surface area contributed by atoms with Gasteiger partial charge in [0.1, 0.15) is 0 Å². The molecule has 0 saturated carbocycles. The van der Waals surface area contributed by atoms with Crippen molar-refractivity contribution in [2.24, 2.45) is 10.8 Å². The molecule has 2 aliphatic carbocycles. The average molecular weight is 635 g/mol. The van der Waals surface area contributed by atoms with Crippen LogP contribution in [0.25, 0.3) is 0 Å². The third-order valence-electron chi connectivity index (χ3n) is 4.27. The van der Waals surface area contributed by atoms with Crippen LogP contribution in [-0.4, -0.2) is 0 Å². The van der Waals surface area contributed by atoms with E-state index in [-0.39, 0.29) is 95.1 Å². The van der Waals surface area contributed by atoms with E-state index in [1.165, 1.54) is 44.9 Å². The Labute approximate surface area is 274 Å². The number of aryl methyl sites for hydroxylation is 4. The summed E-state index contributed by atoms with van der Waals surface area (Å²) in [6.45, 7) is 17.5. The molecule has 2 aliphatic rings. The van der Waals surface area contributed by atoms with Crippen molar-refractivity contribution in [3.8, 4) is 0 Å². The summed E-state index contributed by atoms with van der Waals surface area (Å²) in [5.41, 5.74) is 7.29. The van der Waals surface area contributed by atoms with Gasteiger partial charge in [0.15, 0.2) is 0 Å². The first-order valence-corrected chi connectivity index (χ1v) is 11.6. The van der Waals surface area contributed by atoms with Gasteiger partial charge in [0, 0.05) is 65.4 Å². The Bertz CT molecular complexity index is 634. The van der Waals surface area contributed by atoms with Crippen LogP contribution in [0.4, 0.5) is 0 Å². The predicted octanol–water partition coefficient (Wildman–Crippen LogP) is 11.0. The Morgan fingerprint density at radius 3 is 0.800 bits per heavy atom. The molecule has 0 heterocycles. The van der Waals surface area contributed by atoms with Crippen molar-refractivity contribution in [2.45, 2.75) is 115 Å². The SMILES string of the molecule is C.C.CC(C)(C)C.CC(C)(C)C.[CH3-].[CH3-].[Y].[Y].c1ccc2c(c1)CCC2.c1ccc2c(c1)CCCC2. The first kappa shape index (κ1) is 48.7. The monoisotopic (exact) mass is 634 g/mol. The van der Waals surface area contributed by atoms with Gasteiger partial charge in [-0.2, -0.15) is 0 Å². The molecule has 0 bridgehead atoms. The van der Waals surface area contributed by atoms with Crippen molar-refractivity contribution in [2.75, 3.05) is 0 Å². The summed E-state index contributed by atoms with van der Waals surface area (Å²) in [4.78, 5) is 0. The molecule has 4 rings (SSSR count). The second kappa shape index (κ2) is 25.0. The van der Waals surface area contributed by atoms with Crippen molar-refractivity contribution >= 4 is 0 Å². The van der Waals surface area contributed by atoms with Crippen LogP contribution in [-0.2, 0) is 91.1 Å². The van der Waals surface area contributed by atoms with Crippen molar-refractivity contribution in [3.05, 3.63) is 85.6 Å². The number of fused-ring (bicyclic) bond motifs is 2. The summed E-state index contributed by atoms with van der Waals surface area (Å²) >= 11 is 0. The molecule has 0 spiro atoms. The second-order valence-corrected chi connectivity index (χ2v) is 11.6. The summed E-state index contributed by atoms with van der Waals surface area (Å²) in [6, 6.07) is 17.5. The molecule has 0 nitrogen and oxygen atoms in total. The Kier molecular flexibility index (Phi) is 34.7. The summed E-state index contributed by atoms with van der Waals surface area (Å²) in [7, 11) is 0. The molecule has 0 amide bonds. The zero-order valence-electron chi connectivity index (χ0n) is 23.7. The molecule has 0 atom stereocenters. The van der Waals surface area contributed by atoms with Crippen molar-refractivity contribution in [1.82, 2.24) is 0 Å². The molecular weight excluding hydrogens is 574 g/mol. The maximum Gasteiger partial charge on any atom is 0 e. The summed E-state index contributed by atoms with van der Waals surface area (Å²) in [5.74, 6) is 0. The smallest absolute Gasteiger partial charge is 0 e. The van der Waals surface area contributed by atoms with E-state index in [0.29, 0.717) is 10.8 Å². The predicted molar refractivity (Wildman–Crippen MR) is 158 cm³/mol. The van der Waals surface area contributed by atoms with E-state index in [0.717, 1.165) is 0 Å². The maximum atomic E-state index is 2.26. The zero-order valence-corrected chi connectivity index (χ0v) is 29.4. The van der Waals surface area contributed by atoms with Crippen LogP contribution >= 0.6 is 0 Å². The topological polar surface area (TPSA) is 0 Å². The molecule has 2 heteroatoms. The van der Waals surface area contributed by atoms with Gasteiger partial charge in [-0.3, -0.25) is 0 Å². The van der Waals surface area contributed by atoms with Gasteiger partial charge in [0.05, 0.1) is 0 Å². The van der Waals surface area contributed by atoms with Crippen LogP contribution in [0.2, 0.25) is 0 Å². The normalized spacial score (nSPS) is 12.1. The van der Waals surface area contributed by atoms with Gasteiger partial charge in [-0.1, -0.05) is 119 Å². The van der Waals surface area contributed by atoms with Crippen molar-refractivity contribution < 1.29 is 65.4 Å². The zero-order chi connectivity index (χ0) is 21.9. The van der Waals surface area contributed by atoms with E-state index in [1.807, 2.05) is 0 Å². The Morgan fingerprint density at radius 1 is 0.429 bits per heavy atom. The molecule has 0 unspecified atom stereocenters. The van der Waals surface area contributed by atoms with Crippen LogP contribution < -0.4 is 0 Å². The first-order valence-electron chi connectivity index (χ1n) is 11.6. The van der Waals surface area contributed by atoms with Gasteiger partial charge in [0.2, 0.25) is 0 Å². The molecule has 0 aromatic heterocycles. The molecule has 2 aromatic rings. The molecule has 2 radical (unpaired) electrons. The standard InChI is InChI=1S/C10H12.C9H10.2C5H12.2CH4.2CH3.2Y/c1-2-6-10-8-4-3-7-9(10)5-1;1-2-5-9-7-3-6-8(9)4-1;2*1-5(2,3)4;;;;;;/h1-2,5-6H,3-4,7-8H2;1-2,4-5H,3,6-7H2;2*1-4H3;2*1H4;2*1H3;;/q;;;;;;2*-1;;. The minimum atomic E-state index is 0. The third-order valence-corrected chi connectivity index (χ3v) is 4.27. The van der Waals surface area contributed by atoms with E-state index in [9.17, 15) is 0 Å². The fourth-order valence-corrected chi connectivity index (χ4v) is 3.19. The van der Waals surface area contributed by atoms with Gasteiger partial charge in [-0.25, -0.2) is 0 Å². The van der Waals surface area contributed by atoms with Gasteiger partial charge < -0.3 is 14.9 Å². The average Bonchev–Trinajstić information content (AvgIpc) is 3.08. The molecule has 0 aliphatic heterocycles. The second-order valence-electron chi connectivity index (χ2n) is 11.6. The van der Waals surface area contributed by atoms with Crippen LogP contribution in [0.1, 0.15) is 112 Å². The first-order chi connectivity index (χ1) is 13.4. The van der Waals surface area contributed by atoms with E-state index in [2.05, 4.69) is 104 Å². The molecule has 2 aromatic carbocycles. The Balaban J connectivity index is -0.0000000791. The molecule has 0 N–H and O–H groups in total. The Hall–Kier alpha value is 0.648. The number of rotatable bonds is 0. The summed E-state index contributed by atoms with van der Waals surface area (Å²) < 4.78 is 0. The van der Waals surface area contributed by atoms with Crippen molar-refractivity contribution in [1.29, 1.82) is 0 Å². The number of hydrogen-bond donors (Lipinski definition) is 0. The maximum absolute atomic E-state index is 2.26. The van der Waals surface area contributed by atoms with Crippen LogP contribution in [0, 0.1) is 25.7 Å². The van der Waals surface area contributed by atoms with Gasteiger partial charge in [-0.15, -0.1) is 0 Å². The summed E-state index contributed by atoms with van der Waals surface area (Å²) in [6.07, 6.45) is 9.34. The fourth-order valence-electron chi connectivity index (χ4n) is 3.19. The van der Waals surface area contributed by atoms with E-state index in [4.69, 9.17) is 0 Å². The minimum Gasteiger partial charge on any atom is -0.358 e. The van der Waals surface area contributed by atoms with E-state index in [1.54, 1.807) is 22.3 Å². The van der Waals surface area contributed by atoms with Gasteiger partial charge in [0.25, 0.3) is 0 Å². The van der Waals surface area contributed by atoms with Gasteiger partial charge >= 0.3 is 0 Å². The van der Waals surface area contributed by atoms with Crippen LogP contribution in [0.5, 0.6) is 0 Å². The minimum absolute atomic E-state index is 0. The molecular formula is C33H60Y2-2. The quantitative estimate of drug-likeness (QED) is 0.253. The van der Waals surface area contributed by atoms with E-state index >= 15 is 0 Å². The largest absolute Gasteiger partial charge is 0.358 e. The van der Waals surface area contributed by atoms with Crippen LogP contribution in [0.15, 0.2) is 48.5 Å². The molecule has 35 heavy (non-hydrogen) atoms. The van der Waals surface area contributed by atoms with E-state index < -0.39 is 0 Å². The third kappa shape index (κ3) is 29.1. The molecule has 0 fully saturated rings. The molecule has 0 saturated heterocycles. The number of hydrogen-bond acceptors (Lipinski definition) is 0. The fraction of sp³-hybridized carbons (Fsp3) is 0.576. The number of benzene rings is 2. The van der Waals surface area contributed by atoms with Crippen molar-refractivity contribution in [3.63, 3.8) is 0 Å². The van der Waals surface area contributed by atoms with Crippen LogP contribution in [0.3, 0.4) is 0 Å². The summed E-state index contributed by atoms with van der Waals surface area (Å²) in [5, 5.41) is 0.